The number of fused-ring (bicyclic) bond motifs is 1. The maximum atomic E-state index is 13.6. The van der Waals surface area contributed by atoms with E-state index in [9.17, 15) is 9.18 Å². The molecule has 2 aromatic rings. The molecule has 5 nitrogen and oxygen atoms in total. The standard InChI is InChI=1S/C17H16FNO4/c1-10-3-2-4-14(15(10)19)17(20)22-8-12-6-13(18)5-11-7-21-9-23-16(11)12/h2-6H,7-9,19H2,1H3. The van der Waals surface area contributed by atoms with E-state index in [1.165, 1.54) is 12.1 Å². The van der Waals surface area contributed by atoms with Gasteiger partial charge in [0, 0.05) is 16.8 Å². The van der Waals surface area contributed by atoms with Crippen molar-refractivity contribution in [2.45, 2.75) is 20.1 Å². The van der Waals surface area contributed by atoms with Crippen molar-refractivity contribution in [3.8, 4) is 5.75 Å². The molecule has 6 heteroatoms. The quantitative estimate of drug-likeness (QED) is 0.696. The van der Waals surface area contributed by atoms with Gasteiger partial charge in [0.2, 0.25) is 0 Å². The van der Waals surface area contributed by atoms with E-state index in [4.69, 9.17) is 19.9 Å². The molecule has 23 heavy (non-hydrogen) atoms. The first-order valence-electron chi connectivity index (χ1n) is 7.10. The molecule has 0 aliphatic carbocycles. The average molecular weight is 317 g/mol. The van der Waals surface area contributed by atoms with E-state index in [-0.39, 0.29) is 20.0 Å². The summed E-state index contributed by atoms with van der Waals surface area (Å²) in [5.41, 5.74) is 8.41. The normalized spacial score (nSPS) is 13.1. The van der Waals surface area contributed by atoms with Crippen molar-refractivity contribution in [1.82, 2.24) is 0 Å². The third-order valence-corrected chi connectivity index (χ3v) is 3.65. The second-order valence-corrected chi connectivity index (χ2v) is 5.28. The van der Waals surface area contributed by atoms with E-state index < -0.39 is 11.8 Å². The van der Waals surface area contributed by atoms with Gasteiger partial charge in [-0.2, -0.15) is 0 Å². The summed E-state index contributed by atoms with van der Waals surface area (Å²) in [5.74, 6) is -0.488. The molecule has 120 valence electrons. The number of nitrogen functional groups attached to an aromatic ring is 1. The highest BCUT2D eigenvalue weighted by atomic mass is 19.1. The molecule has 2 N–H and O–H groups in total. The van der Waals surface area contributed by atoms with Crippen molar-refractivity contribution in [3.63, 3.8) is 0 Å². The Morgan fingerprint density at radius 1 is 1.39 bits per heavy atom. The Balaban J connectivity index is 1.79. The summed E-state index contributed by atoms with van der Waals surface area (Å²) in [6.07, 6.45) is 0. The van der Waals surface area contributed by atoms with Gasteiger partial charge in [-0.3, -0.25) is 0 Å². The molecule has 0 amide bonds. The summed E-state index contributed by atoms with van der Waals surface area (Å²) < 4.78 is 29.4. The zero-order chi connectivity index (χ0) is 16.4. The lowest BCUT2D eigenvalue weighted by Gasteiger charge is -2.20. The van der Waals surface area contributed by atoms with Crippen molar-refractivity contribution in [3.05, 3.63) is 58.4 Å². The second kappa shape index (κ2) is 6.26. The fourth-order valence-electron chi connectivity index (χ4n) is 2.44. The van der Waals surface area contributed by atoms with Gasteiger partial charge in [-0.05, 0) is 30.7 Å². The Morgan fingerprint density at radius 2 is 2.22 bits per heavy atom. The lowest BCUT2D eigenvalue weighted by molar-refractivity contribution is -0.0182. The summed E-state index contributed by atoms with van der Waals surface area (Å²) in [5, 5.41) is 0. The molecule has 0 fully saturated rings. The van der Waals surface area contributed by atoms with Crippen LogP contribution >= 0.6 is 0 Å². The fourth-order valence-corrected chi connectivity index (χ4v) is 2.44. The molecule has 3 rings (SSSR count). The SMILES string of the molecule is Cc1cccc(C(=O)OCc2cc(F)cc3c2OCOC3)c1N. The first kappa shape index (κ1) is 15.3. The highest BCUT2D eigenvalue weighted by Crippen LogP contribution is 2.30. The van der Waals surface area contributed by atoms with Crippen molar-refractivity contribution in [2.24, 2.45) is 0 Å². The number of hydrogen-bond donors (Lipinski definition) is 1. The van der Waals surface area contributed by atoms with Crippen LogP contribution in [0.15, 0.2) is 30.3 Å². The average Bonchev–Trinajstić information content (AvgIpc) is 2.54. The maximum Gasteiger partial charge on any atom is 0.340 e. The molecule has 0 saturated heterocycles. The van der Waals surface area contributed by atoms with Gasteiger partial charge >= 0.3 is 5.97 Å². The van der Waals surface area contributed by atoms with Crippen LogP contribution in [0.3, 0.4) is 0 Å². The van der Waals surface area contributed by atoms with Gasteiger partial charge in [0.1, 0.15) is 18.2 Å². The minimum atomic E-state index is -0.559. The number of nitrogens with two attached hydrogens (primary N) is 1. The monoisotopic (exact) mass is 317 g/mol. The molecule has 1 aliphatic rings. The maximum absolute atomic E-state index is 13.6. The van der Waals surface area contributed by atoms with Crippen molar-refractivity contribution >= 4 is 11.7 Å². The Kier molecular flexibility index (Phi) is 4.16. The number of rotatable bonds is 3. The number of hydrogen-bond acceptors (Lipinski definition) is 5. The molecular weight excluding hydrogens is 301 g/mol. The van der Waals surface area contributed by atoms with E-state index in [1.54, 1.807) is 12.1 Å². The van der Waals surface area contributed by atoms with Crippen LogP contribution in [-0.4, -0.2) is 12.8 Å². The summed E-state index contributed by atoms with van der Waals surface area (Å²) in [6.45, 7) is 2.05. The molecule has 0 atom stereocenters. The summed E-state index contributed by atoms with van der Waals surface area (Å²) >= 11 is 0. The van der Waals surface area contributed by atoms with Gasteiger partial charge in [0.15, 0.2) is 6.79 Å². The molecule has 0 unspecified atom stereocenters. The van der Waals surface area contributed by atoms with Crippen LogP contribution in [0.4, 0.5) is 10.1 Å². The smallest absolute Gasteiger partial charge is 0.340 e. The van der Waals surface area contributed by atoms with E-state index in [0.29, 0.717) is 28.1 Å². The lowest BCUT2D eigenvalue weighted by atomic mass is 10.1. The number of aryl methyl sites for hydroxylation is 1. The number of anilines is 1. The molecule has 0 saturated carbocycles. The van der Waals surface area contributed by atoms with Gasteiger partial charge in [-0.15, -0.1) is 0 Å². The molecule has 0 radical (unpaired) electrons. The van der Waals surface area contributed by atoms with Crippen molar-refractivity contribution in [2.75, 3.05) is 12.5 Å². The van der Waals surface area contributed by atoms with Crippen LogP contribution in [0.5, 0.6) is 5.75 Å². The van der Waals surface area contributed by atoms with Crippen molar-refractivity contribution < 1.29 is 23.4 Å². The molecule has 0 bridgehead atoms. The Hall–Kier alpha value is -2.60. The van der Waals surface area contributed by atoms with Gasteiger partial charge in [-0.25, -0.2) is 9.18 Å². The van der Waals surface area contributed by atoms with Gasteiger partial charge in [0.05, 0.1) is 12.2 Å². The Labute approximate surface area is 132 Å². The first-order valence-corrected chi connectivity index (χ1v) is 7.10. The molecule has 0 aromatic heterocycles. The molecule has 1 aliphatic heterocycles. The van der Waals surface area contributed by atoms with E-state index in [2.05, 4.69) is 0 Å². The Morgan fingerprint density at radius 3 is 3.04 bits per heavy atom. The van der Waals surface area contributed by atoms with Crippen LogP contribution < -0.4 is 10.5 Å². The molecular formula is C17H16FNO4. The largest absolute Gasteiger partial charge is 0.467 e. The second-order valence-electron chi connectivity index (χ2n) is 5.28. The van der Waals surface area contributed by atoms with Crippen LogP contribution in [0, 0.1) is 12.7 Å². The number of halogens is 1. The highest BCUT2D eigenvalue weighted by Gasteiger charge is 2.19. The number of ether oxygens (including phenoxy) is 3. The highest BCUT2D eigenvalue weighted by molar-refractivity contribution is 5.95. The number of benzene rings is 2. The minimum Gasteiger partial charge on any atom is -0.467 e. The lowest BCUT2D eigenvalue weighted by Crippen LogP contribution is -2.15. The van der Waals surface area contributed by atoms with E-state index in [1.807, 2.05) is 13.0 Å². The zero-order valence-electron chi connectivity index (χ0n) is 12.6. The van der Waals surface area contributed by atoms with Gasteiger partial charge in [0.25, 0.3) is 0 Å². The Bertz CT molecular complexity index is 760. The van der Waals surface area contributed by atoms with Gasteiger partial charge in [-0.1, -0.05) is 12.1 Å². The number of carbonyl (C=O) groups excluding carboxylic acids is 1. The minimum absolute atomic E-state index is 0.0877. The third-order valence-electron chi connectivity index (χ3n) is 3.65. The summed E-state index contributed by atoms with van der Waals surface area (Å²) in [4.78, 5) is 12.2. The third kappa shape index (κ3) is 3.12. The van der Waals surface area contributed by atoms with Crippen LogP contribution in [0.25, 0.3) is 0 Å². The van der Waals surface area contributed by atoms with Gasteiger partial charge < -0.3 is 19.9 Å². The van der Waals surface area contributed by atoms with E-state index >= 15 is 0 Å². The predicted octanol–water partition coefficient (Wildman–Crippen LogP) is 2.94. The number of esters is 1. The van der Waals surface area contributed by atoms with Crippen LogP contribution in [0.1, 0.15) is 27.0 Å². The summed E-state index contributed by atoms with van der Waals surface area (Å²) in [6, 6.07) is 7.77. The van der Waals surface area contributed by atoms with Crippen LogP contribution in [0.2, 0.25) is 0 Å². The van der Waals surface area contributed by atoms with E-state index in [0.717, 1.165) is 5.56 Å². The number of carbonyl (C=O) groups is 1. The number of para-hydroxylation sites is 1. The molecule has 0 spiro atoms. The summed E-state index contributed by atoms with van der Waals surface area (Å²) in [7, 11) is 0. The topological polar surface area (TPSA) is 70.8 Å². The van der Waals surface area contributed by atoms with Crippen LogP contribution in [-0.2, 0) is 22.7 Å². The zero-order valence-corrected chi connectivity index (χ0v) is 12.6. The predicted molar refractivity (Wildman–Crippen MR) is 81.4 cm³/mol. The molecule has 1 heterocycles. The fraction of sp³-hybridized carbons (Fsp3) is 0.235. The van der Waals surface area contributed by atoms with Crippen molar-refractivity contribution in [1.29, 1.82) is 0 Å². The molecule has 2 aromatic carbocycles. The first-order chi connectivity index (χ1) is 11.1.